The summed E-state index contributed by atoms with van der Waals surface area (Å²) in [6.45, 7) is -0.219. The standard InChI is InChI=1S/C11H8BrFN4O3/c12-9-5-16(15-11(9)17(19)20)6-10(18)14-8-3-1-2-7(13)4-8/h1-5H,6H2,(H,14,18). The molecule has 0 radical (unpaired) electrons. The molecule has 0 aliphatic carbocycles. The van der Waals surface area contributed by atoms with Gasteiger partial charge in [-0.25, -0.2) is 4.39 Å². The number of nitro groups is 1. The van der Waals surface area contributed by atoms with Gasteiger partial charge in [0.25, 0.3) is 0 Å². The summed E-state index contributed by atoms with van der Waals surface area (Å²) < 4.78 is 14.2. The van der Waals surface area contributed by atoms with Crippen molar-refractivity contribution in [3.8, 4) is 0 Å². The first-order valence-corrected chi connectivity index (χ1v) is 6.18. The summed E-state index contributed by atoms with van der Waals surface area (Å²) >= 11 is 2.98. The van der Waals surface area contributed by atoms with Gasteiger partial charge < -0.3 is 15.4 Å². The molecule has 2 rings (SSSR count). The number of nitrogens with one attached hydrogen (secondary N) is 1. The highest BCUT2D eigenvalue weighted by molar-refractivity contribution is 9.10. The zero-order valence-electron chi connectivity index (χ0n) is 9.92. The quantitative estimate of drug-likeness (QED) is 0.681. The lowest BCUT2D eigenvalue weighted by atomic mass is 10.3. The number of carbonyl (C=O) groups is 1. The van der Waals surface area contributed by atoms with Crippen LogP contribution in [0.5, 0.6) is 0 Å². The van der Waals surface area contributed by atoms with Crippen molar-refractivity contribution < 1.29 is 14.1 Å². The van der Waals surface area contributed by atoms with E-state index in [1.165, 1.54) is 30.5 Å². The average Bonchev–Trinajstić information content (AvgIpc) is 2.70. The smallest absolute Gasteiger partial charge is 0.358 e. The van der Waals surface area contributed by atoms with Crippen LogP contribution in [-0.2, 0) is 11.3 Å². The summed E-state index contributed by atoms with van der Waals surface area (Å²) in [6, 6.07) is 5.41. The van der Waals surface area contributed by atoms with Gasteiger partial charge in [0, 0.05) is 5.69 Å². The Labute approximate surface area is 120 Å². The fourth-order valence-electron chi connectivity index (χ4n) is 1.51. The van der Waals surface area contributed by atoms with Gasteiger partial charge in [0.15, 0.2) is 0 Å². The van der Waals surface area contributed by atoms with Crippen LogP contribution in [0.2, 0.25) is 0 Å². The van der Waals surface area contributed by atoms with Gasteiger partial charge in [-0.3, -0.25) is 4.79 Å². The number of hydrogen-bond donors (Lipinski definition) is 1. The molecule has 0 spiro atoms. The predicted molar refractivity (Wildman–Crippen MR) is 71.6 cm³/mol. The third-order valence-corrected chi connectivity index (χ3v) is 2.85. The first kappa shape index (κ1) is 14.1. The van der Waals surface area contributed by atoms with E-state index in [-0.39, 0.29) is 16.8 Å². The molecular formula is C11H8BrFN4O3. The molecule has 0 atom stereocenters. The maximum atomic E-state index is 12.9. The molecule has 0 aliphatic heterocycles. The van der Waals surface area contributed by atoms with E-state index in [1.54, 1.807) is 0 Å². The second-order valence-electron chi connectivity index (χ2n) is 3.81. The summed E-state index contributed by atoms with van der Waals surface area (Å²) in [5, 5.41) is 16.7. The van der Waals surface area contributed by atoms with Gasteiger partial charge in [-0.15, -0.1) is 0 Å². The summed E-state index contributed by atoms with van der Waals surface area (Å²) in [6.07, 6.45) is 1.32. The van der Waals surface area contributed by atoms with Crippen LogP contribution in [0, 0.1) is 15.9 Å². The Bertz CT molecular complexity index is 673. The van der Waals surface area contributed by atoms with E-state index in [0.717, 1.165) is 4.68 Å². The highest BCUT2D eigenvalue weighted by atomic mass is 79.9. The Balaban J connectivity index is 2.05. The number of rotatable bonds is 4. The molecule has 1 N–H and O–H groups in total. The number of amides is 1. The Hall–Kier alpha value is -2.29. The van der Waals surface area contributed by atoms with Crippen LogP contribution in [0.25, 0.3) is 0 Å². The fraction of sp³-hybridized carbons (Fsp3) is 0.0909. The molecule has 1 aromatic carbocycles. The van der Waals surface area contributed by atoms with Crippen LogP contribution < -0.4 is 5.32 Å². The largest absolute Gasteiger partial charge is 0.404 e. The van der Waals surface area contributed by atoms with Gasteiger partial charge in [0.1, 0.15) is 16.8 Å². The first-order valence-electron chi connectivity index (χ1n) is 5.38. The van der Waals surface area contributed by atoms with Crippen molar-refractivity contribution >= 4 is 33.3 Å². The van der Waals surface area contributed by atoms with Crippen LogP contribution in [0.3, 0.4) is 0 Å². The molecule has 2 aromatic rings. The van der Waals surface area contributed by atoms with Crippen LogP contribution in [0.1, 0.15) is 0 Å². The number of hydrogen-bond acceptors (Lipinski definition) is 4. The van der Waals surface area contributed by atoms with Crippen molar-refractivity contribution in [2.45, 2.75) is 6.54 Å². The van der Waals surface area contributed by atoms with Crippen molar-refractivity contribution in [3.63, 3.8) is 0 Å². The van der Waals surface area contributed by atoms with Gasteiger partial charge in [-0.05, 0) is 39.1 Å². The van der Waals surface area contributed by atoms with Gasteiger partial charge in [-0.1, -0.05) is 6.07 Å². The highest BCUT2D eigenvalue weighted by Crippen LogP contribution is 2.21. The topological polar surface area (TPSA) is 90.1 Å². The van der Waals surface area contributed by atoms with E-state index in [2.05, 4.69) is 26.3 Å². The fourth-order valence-corrected chi connectivity index (χ4v) is 1.97. The van der Waals surface area contributed by atoms with Crippen LogP contribution >= 0.6 is 15.9 Å². The summed E-state index contributed by atoms with van der Waals surface area (Å²) in [7, 11) is 0. The van der Waals surface area contributed by atoms with E-state index in [4.69, 9.17) is 0 Å². The number of halogens is 2. The molecule has 1 heterocycles. The Morgan fingerprint density at radius 3 is 2.90 bits per heavy atom. The van der Waals surface area contributed by atoms with Crippen LogP contribution in [-0.4, -0.2) is 20.6 Å². The third kappa shape index (κ3) is 3.38. The van der Waals surface area contributed by atoms with Gasteiger partial charge in [0.05, 0.1) is 11.3 Å². The second kappa shape index (κ2) is 5.78. The predicted octanol–water partition coefficient (Wildman–Crippen LogP) is 2.33. The molecule has 0 unspecified atom stereocenters. The van der Waals surface area contributed by atoms with Gasteiger partial charge in [-0.2, -0.15) is 4.68 Å². The SMILES string of the molecule is O=C(Cn1cc(Br)c([N+](=O)[O-])n1)Nc1cccc(F)c1. The lowest BCUT2D eigenvalue weighted by Crippen LogP contribution is -2.19. The van der Waals surface area contributed by atoms with E-state index >= 15 is 0 Å². The lowest BCUT2D eigenvalue weighted by Gasteiger charge is -2.03. The molecule has 9 heteroatoms. The maximum absolute atomic E-state index is 12.9. The summed E-state index contributed by atoms with van der Waals surface area (Å²) in [5.41, 5.74) is 0.302. The minimum Gasteiger partial charge on any atom is -0.358 e. The maximum Gasteiger partial charge on any atom is 0.404 e. The van der Waals surface area contributed by atoms with Crippen molar-refractivity contribution in [2.24, 2.45) is 0 Å². The third-order valence-electron chi connectivity index (χ3n) is 2.29. The molecule has 0 aliphatic rings. The number of aromatic nitrogens is 2. The van der Waals surface area contributed by atoms with Crippen LogP contribution in [0.4, 0.5) is 15.9 Å². The van der Waals surface area contributed by atoms with E-state index < -0.39 is 16.6 Å². The Kier molecular flexibility index (Phi) is 4.08. The zero-order chi connectivity index (χ0) is 14.7. The minimum absolute atomic E-state index is 0.182. The molecule has 1 aromatic heterocycles. The summed E-state index contributed by atoms with van der Waals surface area (Å²) in [4.78, 5) is 21.6. The molecule has 0 bridgehead atoms. The van der Waals surface area contributed by atoms with Crippen molar-refractivity contribution in [1.29, 1.82) is 0 Å². The number of nitrogens with zero attached hydrogens (tertiary/aromatic N) is 3. The molecule has 0 saturated carbocycles. The van der Waals surface area contributed by atoms with Gasteiger partial charge in [0.2, 0.25) is 5.91 Å². The van der Waals surface area contributed by atoms with Gasteiger partial charge >= 0.3 is 5.82 Å². The first-order chi connectivity index (χ1) is 9.45. The molecule has 0 fully saturated rings. The van der Waals surface area contributed by atoms with Crippen molar-refractivity contribution in [2.75, 3.05) is 5.32 Å². The van der Waals surface area contributed by atoms with Crippen LogP contribution in [0.15, 0.2) is 34.9 Å². The van der Waals surface area contributed by atoms with E-state index in [0.29, 0.717) is 5.69 Å². The molecule has 0 saturated heterocycles. The number of anilines is 1. The Morgan fingerprint density at radius 2 is 2.30 bits per heavy atom. The molecule has 1 amide bonds. The summed E-state index contributed by atoms with van der Waals surface area (Å²) in [5.74, 6) is -1.32. The number of carbonyl (C=O) groups excluding carboxylic acids is 1. The average molecular weight is 343 g/mol. The van der Waals surface area contributed by atoms with Crippen molar-refractivity contribution in [3.05, 3.63) is 50.9 Å². The molecule has 20 heavy (non-hydrogen) atoms. The van der Waals surface area contributed by atoms with Crippen molar-refractivity contribution in [1.82, 2.24) is 9.78 Å². The lowest BCUT2D eigenvalue weighted by molar-refractivity contribution is -0.390. The van der Waals surface area contributed by atoms with E-state index in [1.807, 2.05) is 0 Å². The zero-order valence-corrected chi connectivity index (χ0v) is 11.5. The molecule has 7 nitrogen and oxygen atoms in total. The second-order valence-corrected chi connectivity index (χ2v) is 4.67. The molecular weight excluding hydrogens is 335 g/mol. The monoisotopic (exact) mass is 342 g/mol. The number of benzene rings is 1. The minimum atomic E-state index is -0.662. The molecule has 104 valence electrons. The Morgan fingerprint density at radius 1 is 1.55 bits per heavy atom. The highest BCUT2D eigenvalue weighted by Gasteiger charge is 2.19. The normalized spacial score (nSPS) is 10.3. The van der Waals surface area contributed by atoms with E-state index in [9.17, 15) is 19.3 Å².